The van der Waals surface area contributed by atoms with E-state index in [9.17, 15) is 18.3 Å². The summed E-state index contributed by atoms with van der Waals surface area (Å²) in [6, 6.07) is 2.27. The molecule has 2 N–H and O–H groups in total. The van der Waals surface area contributed by atoms with Gasteiger partial charge in [-0.2, -0.15) is 13.2 Å². The fourth-order valence-corrected chi connectivity index (χ4v) is 2.72. The third-order valence-corrected chi connectivity index (χ3v) is 3.82. The van der Waals surface area contributed by atoms with E-state index in [1.54, 1.807) is 0 Å². The van der Waals surface area contributed by atoms with Crippen molar-refractivity contribution in [3.05, 3.63) is 28.2 Å². The number of hydrogen-bond acceptors (Lipinski definition) is 3. The second-order valence-corrected chi connectivity index (χ2v) is 5.29. The molecule has 1 aromatic rings. The zero-order chi connectivity index (χ0) is 14.0. The van der Waals surface area contributed by atoms with Gasteiger partial charge in [-0.05, 0) is 23.8 Å². The minimum absolute atomic E-state index is 0. The molecule has 1 aliphatic rings. The van der Waals surface area contributed by atoms with Crippen molar-refractivity contribution >= 4 is 28.3 Å². The fourth-order valence-electron chi connectivity index (χ4n) is 2.26. The molecule has 1 fully saturated rings. The van der Waals surface area contributed by atoms with E-state index in [1.807, 2.05) is 0 Å². The summed E-state index contributed by atoms with van der Waals surface area (Å²) < 4.78 is 40.4. The monoisotopic (exact) mass is 374 g/mol. The van der Waals surface area contributed by atoms with Crippen LogP contribution in [0.5, 0.6) is 5.75 Å². The number of alkyl halides is 3. The van der Waals surface area contributed by atoms with Crippen LogP contribution in [-0.2, 0) is 0 Å². The molecule has 114 valence electrons. The minimum atomic E-state index is -4.38. The van der Waals surface area contributed by atoms with Crippen molar-refractivity contribution in [1.29, 1.82) is 0 Å². The highest BCUT2D eigenvalue weighted by Gasteiger charge is 2.45. The number of phenols is 1. The second kappa shape index (κ2) is 6.98. The maximum absolute atomic E-state index is 13.3. The Balaban J connectivity index is 0.00000200. The first-order valence-electron chi connectivity index (χ1n) is 5.89. The van der Waals surface area contributed by atoms with Gasteiger partial charge < -0.3 is 10.4 Å². The van der Waals surface area contributed by atoms with Crippen molar-refractivity contribution in [2.45, 2.75) is 12.2 Å². The summed E-state index contributed by atoms with van der Waals surface area (Å²) in [5.41, 5.74) is 0.0504. The largest absolute Gasteiger partial charge is 0.508 e. The van der Waals surface area contributed by atoms with Gasteiger partial charge in [-0.1, -0.05) is 15.9 Å². The molecule has 0 aliphatic carbocycles. The van der Waals surface area contributed by atoms with Gasteiger partial charge in [0.1, 0.15) is 11.8 Å². The van der Waals surface area contributed by atoms with Crippen LogP contribution >= 0.6 is 28.3 Å². The van der Waals surface area contributed by atoms with Gasteiger partial charge in [0.25, 0.3) is 0 Å². The molecule has 2 rings (SSSR count). The molecule has 0 aromatic heterocycles. The maximum Gasteiger partial charge on any atom is 0.408 e. The topological polar surface area (TPSA) is 35.5 Å². The number of phenolic OH excluding ortho intramolecular Hbond substituents is 1. The van der Waals surface area contributed by atoms with Gasteiger partial charge in [0.2, 0.25) is 0 Å². The fraction of sp³-hybridized carbons (Fsp3) is 0.500. The Labute approximate surface area is 129 Å². The Bertz CT molecular complexity index is 453. The molecule has 1 heterocycles. The van der Waals surface area contributed by atoms with E-state index >= 15 is 0 Å². The molecule has 0 bridgehead atoms. The van der Waals surface area contributed by atoms with E-state index < -0.39 is 12.2 Å². The summed E-state index contributed by atoms with van der Waals surface area (Å²) in [5, 5.41) is 12.5. The van der Waals surface area contributed by atoms with E-state index in [-0.39, 0.29) is 23.7 Å². The molecule has 20 heavy (non-hydrogen) atoms. The van der Waals surface area contributed by atoms with E-state index in [4.69, 9.17) is 0 Å². The van der Waals surface area contributed by atoms with Gasteiger partial charge in [-0.15, -0.1) is 12.4 Å². The van der Waals surface area contributed by atoms with Crippen LogP contribution in [0.2, 0.25) is 0 Å². The van der Waals surface area contributed by atoms with Crippen molar-refractivity contribution in [2.24, 2.45) is 0 Å². The maximum atomic E-state index is 13.3. The third-order valence-electron chi connectivity index (χ3n) is 3.10. The number of aromatic hydroxyl groups is 1. The van der Waals surface area contributed by atoms with Crippen molar-refractivity contribution in [1.82, 2.24) is 10.2 Å². The third kappa shape index (κ3) is 4.00. The van der Waals surface area contributed by atoms with E-state index in [0.717, 1.165) is 0 Å². The lowest BCUT2D eigenvalue weighted by Gasteiger charge is -2.36. The Morgan fingerprint density at radius 1 is 1.25 bits per heavy atom. The normalized spacial score (nSPS) is 18.4. The van der Waals surface area contributed by atoms with E-state index in [2.05, 4.69) is 21.2 Å². The first kappa shape index (κ1) is 17.6. The molecule has 0 radical (unpaired) electrons. The average molecular weight is 376 g/mol. The van der Waals surface area contributed by atoms with Crippen molar-refractivity contribution in [2.75, 3.05) is 26.2 Å². The number of nitrogens with one attached hydrogen (secondary N) is 1. The molecule has 1 aromatic carbocycles. The molecule has 1 saturated heterocycles. The van der Waals surface area contributed by atoms with Crippen LogP contribution in [-0.4, -0.2) is 42.4 Å². The first-order valence-corrected chi connectivity index (χ1v) is 6.69. The van der Waals surface area contributed by atoms with E-state index in [0.29, 0.717) is 30.7 Å². The zero-order valence-electron chi connectivity index (χ0n) is 10.5. The molecular formula is C12H15BrClF3N2O. The van der Waals surface area contributed by atoms with Gasteiger partial charge in [0.05, 0.1) is 0 Å². The lowest BCUT2D eigenvalue weighted by atomic mass is 10.0. The standard InChI is InChI=1S/C12H14BrF3N2O.ClH/c13-10-2-1-8(19)7-9(10)11(12(14,15)16)18-5-3-17-4-6-18;/h1-2,7,11,17,19H,3-6H2;1H/t11-;/m1./s1. The smallest absolute Gasteiger partial charge is 0.408 e. The summed E-state index contributed by atoms with van der Waals surface area (Å²) in [6.07, 6.45) is -4.38. The predicted molar refractivity (Wildman–Crippen MR) is 76.3 cm³/mol. The Kier molecular flexibility index (Phi) is 6.12. The summed E-state index contributed by atoms with van der Waals surface area (Å²) in [6.45, 7) is 1.71. The highest BCUT2D eigenvalue weighted by Crippen LogP contribution is 2.41. The molecule has 0 unspecified atom stereocenters. The average Bonchev–Trinajstić information content (AvgIpc) is 2.33. The number of rotatable bonds is 2. The van der Waals surface area contributed by atoms with Crippen LogP contribution in [0.1, 0.15) is 11.6 Å². The molecule has 1 atom stereocenters. The number of hydrogen-bond donors (Lipinski definition) is 2. The van der Waals surface area contributed by atoms with Crippen LogP contribution in [0, 0.1) is 0 Å². The zero-order valence-corrected chi connectivity index (χ0v) is 12.9. The Morgan fingerprint density at radius 2 is 1.85 bits per heavy atom. The molecule has 0 amide bonds. The van der Waals surface area contributed by atoms with Gasteiger partial charge in [0, 0.05) is 30.7 Å². The lowest BCUT2D eigenvalue weighted by Crippen LogP contribution is -2.49. The van der Waals surface area contributed by atoms with Crippen LogP contribution < -0.4 is 5.32 Å². The summed E-state index contributed by atoms with van der Waals surface area (Å²) in [7, 11) is 0. The molecular weight excluding hydrogens is 360 g/mol. The SMILES string of the molecule is Cl.Oc1ccc(Br)c([C@@H](N2CCNCC2)C(F)(F)F)c1. The Hall–Kier alpha value is -0.500. The van der Waals surface area contributed by atoms with Crippen LogP contribution in [0.3, 0.4) is 0 Å². The van der Waals surface area contributed by atoms with E-state index in [1.165, 1.54) is 23.1 Å². The summed E-state index contributed by atoms with van der Waals surface area (Å²) in [5.74, 6) is -0.164. The summed E-state index contributed by atoms with van der Waals surface area (Å²) >= 11 is 3.14. The van der Waals surface area contributed by atoms with Crippen molar-refractivity contribution in [3.63, 3.8) is 0 Å². The van der Waals surface area contributed by atoms with Crippen LogP contribution in [0.4, 0.5) is 13.2 Å². The van der Waals surface area contributed by atoms with Gasteiger partial charge in [-0.3, -0.25) is 4.90 Å². The lowest BCUT2D eigenvalue weighted by molar-refractivity contribution is -0.188. The van der Waals surface area contributed by atoms with Gasteiger partial charge >= 0.3 is 6.18 Å². The van der Waals surface area contributed by atoms with Gasteiger partial charge in [0.15, 0.2) is 0 Å². The number of piperazine rings is 1. The molecule has 0 saturated carbocycles. The summed E-state index contributed by atoms with van der Waals surface area (Å²) in [4.78, 5) is 1.38. The number of benzene rings is 1. The molecule has 3 nitrogen and oxygen atoms in total. The number of nitrogens with zero attached hydrogens (tertiary/aromatic N) is 1. The quantitative estimate of drug-likeness (QED) is 0.834. The molecule has 8 heteroatoms. The van der Waals surface area contributed by atoms with Crippen molar-refractivity contribution < 1.29 is 18.3 Å². The van der Waals surface area contributed by atoms with Gasteiger partial charge in [-0.25, -0.2) is 0 Å². The van der Waals surface area contributed by atoms with Crippen LogP contribution in [0.25, 0.3) is 0 Å². The highest BCUT2D eigenvalue weighted by molar-refractivity contribution is 9.10. The highest BCUT2D eigenvalue weighted by atomic mass is 79.9. The van der Waals surface area contributed by atoms with Crippen LogP contribution in [0.15, 0.2) is 22.7 Å². The molecule has 1 aliphatic heterocycles. The minimum Gasteiger partial charge on any atom is -0.508 e. The van der Waals surface area contributed by atoms with Crippen molar-refractivity contribution in [3.8, 4) is 5.75 Å². The predicted octanol–water partition coefficient (Wildman–Crippen LogP) is 3.09. The number of halogens is 5. The first-order chi connectivity index (χ1) is 8.89. The Morgan fingerprint density at radius 3 is 2.40 bits per heavy atom. The molecule has 0 spiro atoms. The second-order valence-electron chi connectivity index (χ2n) is 4.44.